The Morgan fingerprint density at radius 2 is 1.46 bits per heavy atom. The molecular formula is C21H25IN4O2. The maximum atomic E-state index is 12.3. The van der Waals surface area contributed by atoms with Gasteiger partial charge >= 0.3 is 0 Å². The minimum Gasteiger partial charge on any atom is -0.356 e. The Morgan fingerprint density at radius 3 is 2.07 bits per heavy atom. The number of hydrogen-bond donors (Lipinski definition) is 2. The molecule has 0 saturated carbocycles. The number of hydrogen-bond acceptors (Lipinski definition) is 3. The highest BCUT2D eigenvalue weighted by Crippen LogP contribution is 2.21. The summed E-state index contributed by atoms with van der Waals surface area (Å²) in [5.41, 5.74) is 2.27. The lowest BCUT2D eigenvalue weighted by Gasteiger charge is -2.16. The normalized spacial score (nSPS) is 13.2. The number of aliphatic imine (C=N–C) groups is 1. The van der Waals surface area contributed by atoms with Crippen LogP contribution in [0.5, 0.6) is 0 Å². The van der Waals surface area contributed by atoms with Gasteiger partial charge in [0, 0.05) is 26.7 Å². The highest BCUT2D eigenvalue weighted by molar-refractivity contribution is 14.0. The number of guanidine groups is 1. The van der Waals surface area contributed by atoms with E-state index in [2.05, 4.69) is 27.8 Å². The molecule has 0 aliphatic carbocycles. The number of imide groups is 1. The lowest BCUT2D eigenvalue weighted by atomic mass is 10.1. The monoisotopic (exact) mass is 492 g/mol. The minimum atomic E-state index is -0.233. The van der Waals surface area contributed by atoms with Gasteiger partial charge in [0.05, 0.1) is 11.1 Å². The maximum absolute atomic E-state index is 12.3. The lowest BCUT2D eigenvalue weighted by Crippen LogP contribution is -2.43. The van der Waals surface area contributed by atoms with Gasteiger partial charge in [0.1, 0.15) is 0 Å². The van der Waals surface area contributed by atoms with Crippen molar-refractivity contribution in [3.8, 4) is 0 Å². The summed E-state index contributed by atoms with van der Waals surface area (Å²) in [6.45, 7) is 1.54. The van der Waals surface area contributed by atoms with E-state index < -0.39 is 0 Å². The summed E-state index contributed by atoms with van der Waals surface area (Å²) < 4.78 is 0. The molecule has 3 rings (SSSR count). The van der Waals surface area contributed by atoms with E-state index in [1.54, 1.807) is 31.3 Å². The zero-order valence-corrected chi connectivity index (χ0v) is 18.2. The van der Waals surface area contributed by atoms with Crippen molar-refractivity contribution in [1.29, 1.82) is 0 Å². The van der Waals surface area contributed by atoms with Crippen LogP contribution in [0.1, 0.15) is 32.7 Å². The van der Waals surface area contributed by atoms with Gasteiger partial charge in [-0.1, -0.05) is 42.5 Å². The second-order valence-electron chi connectivity index (χ2n) is 6.32. The van der Waals surface area contributed by atoms with E-state index in [0.29, 0.717) is 30.2 Å². The smallest absolute Gasteiger partial charge is 0.261 e. The van der Waals surface area contributed by atoms with Crippen LogP contribution in [0, 0.1) is 0 Å². The number of nitrogens with one attached hydrogen (secondary N) is 2. The molecule has 0 unspecified atom stereocenters. The third kappa shape index (κ3) is 5.31. The Hall–Kier alpha value is -2.42. The third-order valence-corrected chi connectivity index (χ3v) is 4.51. The second kappa shape index (κ2) is 10.8. The van der Waals surface area contributed by atoms with Gasteiger partial charge in [-0.3, -0.25) is 19.5 Å². The molecule has 0 bridgehead atoms. The van der Waals surface area contributed by atoms with Crippen LogP contribution in [0.15, 0.2) is 59.6 Å². The summed E-state index contributed by atoms with van der Waals surface area (Å²) in [6.07, 6.45) is 1.99. The first kappa shape index (κ1) is 21.9. The van der Waals surface area contributed by atoms with Crippen LogP contribution in [0.3, 0.4) is 0 Å². The first-order chi connectivity index (χ1) is 13.2. The van der Waals surface area contributed by atoms with Gasteiger partial charge in [0.2, 0.25) is 0 Å². The minimum absolute atomic E-state index is 0. The fraction of sp³-hybridized carbons (Fsp3) is 0.286. The van der Waals surface area contributed by atoms with Crippen molar-refractivity contribution in [2.45, 2.75) is 12.8 Å². The molecule has 1 heterocycles. The molecule has 0 atom stereocenters. The largest absolute Gasteiger partial charge is 0.356 e. The molecule has 0 spiro atoms. The number of halogens is 1. The Labute approximate surface area is 182 Å². The van der Waals surface area contributed by atoms with Crippen LogP contribution < -0.4 is 10.6 Å². The number of amides is 2. The molecular weight excluding hydrogens is 467 g/mol. The highest BCUT2D eigenvalue weighted by atomic mass is 127. The van der Waals surface area contributed by atoms with Gasteiger partial charge in [-0.2, -0.15) is 0 Å². The number of nitrogens with zero attached hydrogens (tertiary/aromatic N) is 2. The average Bonchev–Trinajstić information content (AvgIpc) is 2.95. The number of benzene rings is 2. The van der Waals surface area contributed by atoms with E-state index in [1.807, 2.05) is 18.2 Å². The number of aryl methyl sites for hydroxylation is 1. The van der Waals surface area contributed by atoms with Gasteiger partial charge in [0.15, 0.2) is 5.96 Å². The van der Waals surface area contributed by atoms with Crippen molar-refractivity contribution < 1.29 is 9.59 Å². The molecule has 1 aliphatic rings. The molecule has 2 aromatic rings. The van der Waals surface area contributed by atoms with Crippen LogP contribution in [0.25, 0.3) is 0 Å². The van der Waals surface area contributed by atoms with Crippen LogP contribution in [0.2, 0.25) is 0 Å². The van der Waals surface area contributed by atoms with E-state index in [0.717, 1.165) is 19.4 Å². The number of rotatable bonds is 7. The van der Waals surface area contributed by atoms with Gasteiger partial charge < -0.3 is 10.6 Å². The Bertz CT molecular complexity index is 804. The molecule has 28 heavy (non-hydrogen) atoms. The first-order valence-corrected chi connectivity index (χ1v) is 9.14. The number of carbonyl (C=O) groups excluding carboxylic acids is 2. The van der Waals surface area contributed by atoms with Gasteiger partial charge in [-0.25, -0.2) is 0 Å². The Kier molecular flexibility index (Phi) is 8.43. The van der Waals surface area contributed by atoms with Crippen molar-refractivity contribution >= 4 is 41.8 Å². The molecule has 7 heteroatoms. The number of fused-ring (bicyclic) bond motifs is 1. The molecule has 0 saturated heterocycles. The van der Waals surface area contributed by atoms with Crippen LogP contribution >= 0.6 is 24.0 Å². The zero-order valence-electron chi connectivity index (χ0n) is 15.9. The molecule has 6 nitrogen and oxygen atoms in total. The Morgan fingerprint density at radius 1 is 0.893 bits per heavy atom. The summed E-state index contributed by atoms with van der Waals surface area (Å²) in [5.74, 6) is 0.200. The molecule has 2 aromatic carbocycles. The Balaban J connectivity index is 0.00000280. The van der Waals surface area contributed by atoms with E-state index in [-0.39, 0.29) is 35.8 Å². The van der Waals surface area contributed by atoms with Gasteiger partial charge in [0.25, 0.3) is 11.8 Å². The van der Waals surface area contributed by atoms with Gasteiger partial charge in [-0.15, -0.1) is 24.0 Å². The van der Waals surface area contributed by atoms with Crippen LogP contribution in [0.4, 0.5) is 0 Å². The second-order valence-corrected chi connectivity index (χ2v) is 6.32. The predicted octanol–water partition coefficient (Wildman–Crippen LogP) is 2.70. The highest BCUT2D eigenvalue weighted by Gasteiger charge is 2.34. The average molecular weight is 492 g/mol. The van der Waals surface area contributed by atoms with Crippen molar-refractivity contribution in [2.75, 3.05) is 26.7 Å². The van der Waals surface area contributed by atoms with E-state index >= 15 is 0 Å². The maximum Gasteiger partial charge on any atom is 0.261 e. The molecule has 0 fully saturated rings. The molecule has 0 radical (unpaired) electrons. The molecule has 148 valence electrons. The quantitative estimate of drug-likeness (QED) is 0.205. The molecule has 2 N–H and O–H groups in total. The van der Waals surface area contributed by atoms with Crippen molar-refractivity contribution in [3.63, 3.8) is 0 Å². The predicted molar refractivity (Wildman–Crippen MR) is 121 cm³/mol. The first-order valence-electron chi connectivity index (χ1n) is 9.14. The summed E-state index contributed by atoms with van der Waals surface area (Å²) in [6, 6.07) is 17.3. The van der Waals surface area contributed by atoms with Crippen molar-refractivity contribution in [3.05, 3.63) is 71.3 Å². The van der Waals surface area contributed by atoms with Crippen molar-refractivity contribution in [2.24, 2.45) is 4.99 Å². The SMILES string of the molecule is CN=C(NCCCc1ccccc1)NCCN1C(=O)c2ccccc2C1=O.I. The topological polar surface area (TPSA) is 73.8 Å². The number of carbonyl (C=O) groups is 2. The zero-order chi connectivity index (χ0) is 19.1. The fourth-order valence-corrected chi connectivity index (χ4v) is 3.09. The van der Waals surface area contributed by atoms with E-state index in [9.17, 15) is 9.59 Å². The van der Waals surface area contributed by atoms with Crippen LogP contribution in [-0.4, -0.2) is 49.4 Å². The van der Waals surface area contributed by atoms with Crippen molar-refractivity contribution in [1.82, 2.24) is 15.5 Å². The molecule has 2 amide bonds. The van der Waals surface area contributed by atoms with Crippen LogP contribution in [-0.2, 0) is 6.42 Å². The molecule has 1 aliphatic heterocycles. The summed E-state index contributed by atoms with van der Waals surface area (Å²) in [7, 11) is 1.70. The summed E-state index contributed by atoms with van der Waals surface area (Å²) in [4.78, 5) is 30.1. The standard InChI is InChI=1S/C21H24N4O2.HI/c1-22-21(23-13-7-10-16-8-3-2-4-9-16)24-14-15-25-19(26)17-11-5-6-12-18(17)20(25)27;/h2-6,8-9,11-12H,7,10,13-15H2,1H3,(H2,22,23,24);1H. The summed E-state index contributed by atoms with van der Waals surface area (Å²) in [5, 5.41) is 6.41. The third-order valence-electron chi connectivity index (χ3n) is 4.51. The summed E-state index contributed by atoms with van der Waals surface area (Å²) >= 11 is 0. The molecule has 0 aromatic heterocycles. The fourth-order valence-electron chi connectivity index (χ4n) is 3.09. The van der Waals surface area contributed by atoms with Gasteiger partial charge in [-0.05, 0) is 30.5 Å². The van der Waals surface area contributed by atoms with E-state index in [1.165, 1.54) is 10.5 Å². The van der Waals surface area contributed by atoms with E-state index in [4.69, 9.17) is 0 Å². The lowest BCUT2D eigenvalue weighted by molar-refractivity contribution is 0.0657.